The molecular formula is C13H12Cl2N2O3. The first-order chi connectivity index (χ1) is 9.45. The molecule has 106 valence electrons. The van der Waals surface area contributed by atoms with Crippen molar-refractivity contribution in [3.63, 3.8) is 0 Å². The van der Waals surface area contributed by atoms with Gasteiger partial charge in [0.2, 0.25) is 0 Å². The standard InChI is InChI=1S/C13H12Cl2N2O3/c1-17(2)16-13(18)11-5-6-12(20-11)19-10-4-3-8(14)7-9(10)15/h3-7H,1-2H3,(H,16,18). The van der Waals surface area contributed by atoms with Crippen LogP contribution in [-0.4, -0.2) is 25.0 Å². The van der Waals surface area contributed by atoms with Crippen molar-refractivity contribution in [3.8, 4) is 11.7 Å². The molecule has 0 spiro atoms. The lowest BCUT2D eigenvalue weighted by Crippen LogP contribution is -2.35. The average molecular weight is 315 g/mol. The van der Waals surface area contributed by atoms with Gasteiger partial charge in [0.25, 0.3) is 5.95 Å². The highest BCUT2D eigenvalue weighted by Gasteiger charge is 2.13. The fourth-order valence-electron chi connectivity index (χ4n) is 1.42. The van der Waals surface area contributed by atoms with Gasteiger partial charge >= 0.3 is 5.91 Å². The van der Waals surface area contributed by atoms with Crippen molar-refractivity contribution >= 4 is 29.1 Å². The van der Waals surface area contributed by atoms with E-state index in [9.17, 15) is 4.79 Å². The van der Waals surface area contributed by atoms with Crippen LogP contribution in [-0.2, 0) is 0 Å². The van der Waals surface area contributed by atoms with E-state index in [1.54, 1.807) is 32.3 Å². The zero-order valence-corrected chi connectivity index (χ0v) is 12.3. The number of nitrogens with zero attached hydrogens (tertiary/aromatic N) is 1. The number of ether oxygens (including phenoxy) is 1. The first-order valence-electron chi connectivity index (χ1n) is 5.67. The first-order valence-corrected chi connectivity index (χ1v) is 6.42. The number of amides is 1. The van der Waals surface area contributed by atoms with E-state index in [4.69, 9.17) is 32.4 Å². The molecule has 0 atom stereocenters. The van der Waals surface area contributed by atoms with Gasteiger partial charge in [-0.15, -0.1) is 0 Å². The maximum absolute atomic E-state index is 11.7. The third kappa shape index (κ3) is 3.66. The number of carbonyl (C=O) groups is 1. The van der Waals surface area contributed by atoms with Crippen molar-refractivity contribution in [1.29, 1.82) is 0 Å². The van der Waals surface area contributed by atoms with E-state index in [1.807, 2.05) is 0 Å². The number of halogens is 2. The van der Waals surface area contributed by atoms with Crippen LogP contribution in [0.5, 0.6) is 11.7 Å². The van der Waals surface area contributed by atoms with Gasteiger partial charge < -0.3 is 9.15 Å². The van der Waals surface area contributed by atoms with Gasteiger partial charge in [0.15, 0.2) is 5.76 Å². The summed E-state index contributed by atoms with van der Waals surface area (Å²) < 4.78 is 10.7. The maximum atomic E-state index is 11.7. The van der Waals surface area contributed by atoms with Gasteiger partial charge in [-0.3, -0.25) is 10.2 Å². The molecule has 1 aromatic heterocycles. The summed E-state index contributed by atoms with van der Waals surface area (Å²) in [5.41, 5.74) is 2.56. The molecule has 1 N–H and O–H groups in total. The lowest BCUT2D eigenvalue weighted by atomic mass is 10.3. The van der Waals surface area contributed by atoms with E-state index in [0.29, 0.717) is 15.8 Å². The molecule has 20 heavy (non-hydrogen) atoms. The van der Waals surface area contributed by atoms with Gasteiger partial charge in [-0.2, -0.15) is 0 Å². The van der Waals surface area contributed by atoms with Crippen LogP contribution < -0.4 is 10.2 Å². The van der Waals surface area contributed by atoms with Crippen molar-refractivity contribution < 1.29 is 13.9 Å². The second-order valence-electron chi connectivity index (χ2n) is 4.13. The minimum atomic E-state index is -0.368. The fraction of sp³-hybridized carbons (Fsp3) is 0.154. The third-order valence-electron chi connectivity index (χ3n) is 2.23. The molecule has 0 fully saturated rings. The second kappa shape index (κ2) is 6.17. The molecule has 7 heteroatoms. The molecule has 1 aromatic carbocycles. The van der Waals surface area contributed by atoms with Crippen LogP contribution in [0.25, 0.3) is 0 Å². The molecule has 0 aliphatic carbocycles. The summed E-state index contributed by atoms with van der Waals surface area (Å²) in [4.78, 5) is 11.7. The number of hydrogen-bond acceptors (Lipinski definition) is 4. The molecule has 5 nitrogen and oxygen atoms in total. The molecule has 0 saturated heterocycles. The highest BCUT2D eigenvalue weighted by molar-refractivity contribution is 6.35. The first kappa shape index (κ1) is 14.7. The third-order valence-corrected chi connectivity index (χ3v) is 2.77. The molecule has 2 aromatic rings. The predicted molar refractivity (Wildman–Crippen MR) is 76.4 cm³/mol. The molecule has 0 unspecified atom stereocenters. The van der Waals surface area contributed by atoms with Crippen LogP contribution in [0, 0.1) is 0 Å². The molecule has 0 saturated carbocycles. The van der Waals surface area contributed by atoms with Crippen LogP contribution in [0.2, 0.25) is 10.0 Å². The maximum Gasteiger partial charge on any atom is 0.301 e. The number of hydrazine groups is 1. The fourth-order valence-corrected chi connectivity index (χ4v) is 1.87. The Hall–Kier alpha value is -1.69. The quantitative estimate of drug-likeness (QED) is 0.876. The zero-order valence-electron chi connectivity index (χ0n) is 10.8. The lowest BCUT2D eigenvalue weighted by Gasteiger charge is -2.09. The van der Waals surface area contributed by atoms with E-state index in [-0.39, 0.29) is 17.6 Å². The largest absolute Gasteiger partial charge is 0.424 e. The van der Waals surface area contributed by atoms with Gasteiger partial charge in [-0.05, 0) is 24.3 Å². The Labute approximate surface area is 126 Å². The molecule has 1 heterocycles. The van der Waals surface area contributed by atoms with Crippen molar-refractivity contribution in [1.82, 2.24) is 10.4 Å². The van der Waals surface area contributed by atoms with Crippen LogP contribution in [0.4, 0.5) is 0 Å². The Kier molecular flexibility index (Phi) is 4.54. The number of furan rings is 1. The summed E-state index contributed by atoms with van der Waals surface area (Å²) in [6.45, 7) is 0. The zero-order chi connectivity index (χ0) is 14.7. The highest BCUT2D eigenvalue weighted by atomic mass is 35.5. The summed E-state index contributed by atoms with van der Waals surface area (Å²) >= 11 is 11.8. The van der Waals surface area contributed by atoms with E-state index in [0.717, 1.165) is 0 Å². The number of rotatable bonds is 4. The SMILES string of the molecule is CN(C)NC(=O)c1ccc(Oc2ccc(Cl)cc2Cl)o1. The van der Waals surface area contributed by atoms with E-state index in [1.165, 1.54) is 17.1 Å². The lowest BCUT2D eigenvalue weighted by molar-refractivity contribution is 0.0822. The van der Waals surface area contributed by atoms with Crippen molar-refractivity contribution in [2.24, 2.45) is 0 Å². The molecule has 0 bridgehead atoms. The van der Waals surface area contributed by atoms with Gasteiger partial charge in [0, 0.05) is 25.2 Å². The van der Waals surface area contributed by atoms with Gasteiger partial charge in [0.05, 0.1) is 5.02 Å². The minimum absolute atomic E-state index is 0.138. The summed E-state index contributed by atoms with van der Waals surface area (Å²) in [6.07, 6.45) is 0. The van der Waals surface area contributed by atoms with Crippen LogP contribution >= 0.6 is 23.2 Å². The Morgan fingerprint density at radius 3 is 2.65 bits per heavy atom. The molecule has 0 aliphatic heterocycles. The number of hydrogen-bond donors (Lipinski definition) is 1. The second-order valence-corrected chi connectivity index (χ2v) is 4.97. The van der Waals surface area contributed by atoms with Crippen molar-refractivity contribution in [2.45, 2.75) is 0 Å². The Morgan fingerprint density at radius 2 is 2.00 bits per heavy atom. The molecule has 0 radical (unpaired) electrons. The topological polar surface area (TPSA) is 54.7 Å². The minimum Gasteiger partial charge on any atom is -0.424 e. The van der Waals surface area contributed by atoms with Crippen LogP contribution in [0.15, 0.2) is 34.7 Å². The summed E-state index contributed by atoms with van der Waals surface area (Å²) in [5.74, 6) is 0.328. The predicted octanol–water partition coefficient (Wildman–Crippen LogP) is 3.59. The number of carbonyl (C=O) groups excluding carboxylic acids is 1. The molecule has 0 aliphatic rings. The summed E-state index contributed by atoms with van der Waals surface area (Å²) in [5, 5.41) is 2.38. The number of benzene rings is 1. The van der Waals surface area contributed by atoms with E-state index < -0.39 is 0 Å². The van der Waals surface area contributed by atoms with Gasteiger partial charge in [0.1, 0.15) is 5.75 Å². The van der Waals surface area contributed by atoms with E-state index in [2.05, 4.69) is 5.43 Å². The Bertz CT molecular complexity index is 626. The summed E-state index contributed by atoms with van der Waals surface area (Å²) in [7, 11) is 3.40. The molecule has 2 rings (SSSR count). The monoisotopic (exact) mass is 314 g/mol. The highest BCUT2D eigenvalue weighted by Crippen LogP contribution is 2.32. The molecule has 1 amide bonds. The Morgan fingerprint density at radius 1 is 1.25 bits per heavy atom. The number of nitrogens with one attached hydrogen (secondary N) is 1. The average Bonchev–Trinajstić information content (AvgIpc) is 2.80. The van der Waals surface area contributed by atoms with Gasteiger partial charge in [-0.1, -0.05) is 23.2 Å². The van der Waals surface area contributed by atoms with Crippen LogP contribution in [0.3, 0.4) is 0 Å². The van der Waals surface area contributed by atoms with Crippen molar-refractivity contribution in [2.75, 3.05) is 14.1 Å². The van der Waals surface area contributed by atoms with Crippen molar-refractivity contribution in [3.05, 3.63) is 46.1 Å². The van der Waals surface area contributed by atoms with E-state index >= 15 is 0 Å². The smallest absolute Gasteiger partial charge is 0.301 e. The van der Waals surface area contributed by atoms with Crippen LogP contribution in [0.1, 0.15) is 10.6 Å². The Balaban J connectivity index is 2.11. The molecular weight excluding hydrogens is 303 g/mol. The summed E-state index contributed by atoms with van der Waals surface area (Å²) in [6, 6.07) is 7.87. The van der Waals surface area contributed by atoms with Gasteiger partial charge in [-0.25, -0.2) is 5.01 Å². The normalized spacial score (nSPS) is 10.7.